The second-order valence-electron chi connectivity index (χ2n) is 6.88. The van der Waals surface area contributed by atoms with Gasteiger partial charge < -0.3 is 14.7 Å². The van der Waals surface area contributed by atoms with Gasteiger partial charge in [0, 0.05) is 29.6 Å². The molecule has 5 rings (SSSR count). The minimum Gasteiger partial charge on any atom is -0.459 e. The van der Waals surface area contributed by atoms with Crippen LogP contribution in [0, 0.1) is 5.92 Å². The zero-order chi connectivity index (χ0) is 17.7. The summed E-state index contributed by atoms with van der Waals surface area (Å²) in [6.45, 7) is 1.93. The molecule has 2 N–H and O–H groups in total. The third-order valence-corrected chi connectivity index (χ3v) is 5.01. The van der Waals surface area contributed by atoms with Gasteiger partial charge in [-0.15, -0.1) is 0 Å². The molecule has 3 heterocycles. The Labute approximate surface area is 149 Å². The molecule has 3 aromatic heterocycles. The van der Waals surface area contributed by atoms with Crippen molar-refractivity contribution in [3.63, 3.8) is 0 Å². The lowest BCUT2D eigenvalue weighted by Crippen LogP contribution is -2.28. The number of carbonyl (C=O) groups excluding carboxylic acids is 1. The number of hydrogen-bond donors (Lipinski definition) is 2. The van der Waals surface area contributed by atoms with Crippen LogP contribution in [0.15, 0.2) is 53.2 Å². The molecule has 3 atom stereocenters. The lowest BCUT2D eigenvalue weighted by molar-refractivity contribution is -0.123. The molecule has 1 fully saturated rings. The van der Waals surface area contributed by atoms with Crippen molar-refractivity contribution in [2.24, 2.45) is 5.92 Å². The zero-order valence-electron chi connectivity index (χ0n) is 14.3. The Kier molecular flexibility index (Phi) is 3.31. The van der Waals surface area contributed by atoms with Crippen LogP contribution in [0.1, 0.15) is 36.9 Å². The predicted molar refractivity (Wildman–Crippen MR) is 97.5 cm³/mol. The van der Waals surface area contributed by atoms with E-state index in [4.69, 9.17) is 4.42 Å². The molecule has 1 aliphatic rings. The maximum absolute atomic E-state index is 12.6. The molecule has 0 aliphatic heterocycles. The molecule has 26 heavy (non-hydrogen) atoms. The maximum Gasteiger partial charge on any atom is 0.224 e. The predicted octanol–water partition coefficient (Wildman–Crippen LogP) is 3.69. The van der Waals surface area contributed by atoms with Crippen molar-refractivity contribution in [1.82, 2.24) is 20.3 Å². The van der Waals surface area contributed by atoms with Gasteiger partial charge >= 0.3 is 0 Å². The number of fused-ring (bicyclic) bond motifs is 2. The highest BCUT2D eigenvalue weighted by molar-refractivity contribution is 5.84. The lowest BCUT2D eigenvalue weighted by atomic mass is 10.2. The fourth-order valence-corrected chi connectivity index (χ4v) is 3.44. The summed E-state index contributed by atoms with van der Waals surface area (Å²) in [5.74, 6) is 1.80. The Bertz CT molecular complexity index is 1050. The van der Waals surface area contributed by atoms with Crippen LogP contribution >= 0.6 is 0 Å². The van der Waals surface area contributed by atoms with E-state index in [0.717, 1.165) is 40.0 Å². The van der Waals surface area contributed by atoms with Crippen molar-refractivity contribution in [1.29, 1.82) is 0 Å². The average molecular weight is 346 g/mol. The van der Waals surface area contributed by atoms with Crippen molar-refractivity contribution >= 4 is 27.9 Å². The first-order valence-electron chi connectivity index (χ1n) is 8.77. The fourth-order valence-electron chi connectivity index (χ4n) is 3.44. The molecule has 130 valence electrons. The molecule has 0 bridgehead atoms. The number of aromatic amines is 1. The minimum absolute atomic E-state index is 0.0379. The second-order valence-corrected chi connectivity index (χ2v) is 6.88. The summed E-state index contributed by atoms with van der Waals surface area (Å²) in [7, 11) is 0. The van der Waals surface area contributed by atoms with Crippen molar-refractivity contribution in [2.45, 2.75) is 25.3 Å². The third-order valence-electron chi connectivity index (χ3n) is 5.01. The lowest BCUT2D eigenvalue weighted by Gasteiger charge is -2.11. The molecule has 0 saturated heterocycles. The van der Waals surface area contributed by atoms with E-state index in [0.29, 0.717) is 0 Å². The van der Waals surface area contributed by atoms with E-state index in [-0.39, 0.29) is 23.8 Å². The number of imidazole rings is 1. The summed E-state index contributed by atoms with van der Waals surface area (Å²) in [5, 5.41) is 4.00. The molecule has 1 unspecified atom stereocenters. The molecular weight excluding hydrogens is 328 g/mol. The van der Waals surface area contributed by atoms with E-state index >= 15 is 0 Å². The van der Waals surface area contributed by atoms with Gasteiger partial charge in [0.2, 0.25) is 5.91 Å². The van der Waals surface area contributed by atoms with Crippen LogP contribution in [-0.4, -0.2) is 20.9 Å². The monoisotopic (exact) mass is 346 g/mol. The number of rotatable bonds is 4. The molecule has 0 radical (unpaired) electrons. The normalized spacial score (nSPS) is 20.3. The number of aromatic nitrogens is 3. The highest BCUT2D eigenvalue weighted by Crippen LogP contribution is 2.47. The van der Waals surface area contributed by atoms with E-state index < -0.39 is 0 Å². The van der Waals surface area contributed by atoms with E-state index in [1.54, 1.807) is 12.4 Å². The first-order valence-corrected chi connectivity index (χ1v) is 8.77. The number of para-hydroxylation sites is 2. The Morgan fingerprint density at radius 3 is 3.08 bits per heavy atom. The number of benzene rings is 1. The summed E-state index contributed by atoms with van der Waals surface area (Å²) >= 11 is 0. The van der Waals surface area contributed by atoms with Crippen molar-refractivity contribution in [2.75, 3.05) is 0 Å². The minimum atomic E-state index is -0.188. The van der Waals surface area contributed by atoms with Crippen molar-refractivity contribution in [3.05, 3.63) is 60.4 Å². The van der Waals surface area contributed by atoms with E-state index in [2.05, 4.69) is 20.3 Å². The van der Waals surface area contributed by atoms with Gasteiger partial charge in [0.05, 0.1) is 17.1 Å². The Hall–Kier alpha value is -3.15. The first-order chi connectivity index (χ1) is 12.7. The van der Waals surface area contributed by atoms with E-state index in [1.807, 2.05) is 43.3 Å². The van der Waals surface area contributed by atoms with Crippen LogP contribution in [0.3, 0.4) is 0 Å². The highest BCUT2D eigenvalue weighted by atomic mass is 16.3. The summed E-state index contributed by atoms with van der Waals surface area (Å²) in [6, 6.07) is 11.5. The smallest absolute Gasteiger partial charge is 0.224 e. The molecule has 1 aliphatic carbocycles. The van der Waals surface area contributed by atoms with Crippen LogP contribution in [0.4, 0.5) is 0 Å². The van der Waals surface area contributed by atoms with Crippen LogP contribution < -0.4 is 5.32 Å². The van der Waals surface area contributed by atoms with Crippen LogP contribution in [0.25, 0.3) is 22.0 Å². The van der Waals surface area contributed by atoms with E-state index in [1.165, 1.54) is 0 Å². The quantitative estimate of drug-likeness (QED) is 0.590. The SMILES string of the molecule is CC(NC(=O)[C@H]1C[C@@H]1c1nc2ccccc2[nH]1)c1cc2cnccc2o1. The topological polar surface area (TPSA) is 83.8 Å². The number of hydrogen-bond acceptors (Lipinski definition) is 4. The van der Waals surface area contributed by atoms with Gasteiger partial charge in [0.1, 0.15) is 17.2 Å². The Morgan fingerprint density at radius 2 is 2.23 bits per heavy atom. The number of nitrogens with one attached hydrogen (secondary N) is 2. The second kappa shape index (κ2) is 5.69. The third kappa shape index (κ3) is 2.54. The summed E-state index contributed by atoms with van der Waals surface area (Å²) in [5.41, 5.74) is 2.73. The van der Waals surface area contributed by atoms with E-state index in [9.17, 15) is 4.79 Å². The molecule has 0 spiro atoms. The number of carbonyl (C=O) groups is 1. The van der Waals surface area contributed by atoms with Gasteiger partial charge in [-0.2, -0.15) is 0 Å². The molecular formula is C20H18N4O2. The number of amides is 1. The maximum atomic E-state index is 12.6. The Balaban J connectivity index is 1.28. The van der Waals surface area contributed by atoms with Gasteiger partial charge in [-0.1, -0.05) is 12.1 Å². The molecule has 1 saturated carbocycles. The van der Waals surface area contributed by atoms with Gasteiger partial charge in [-0.3, -0.25) is 9.78 Å². The Morgan fingerprint density at radius 1 is 1.35 bits per heavy atom. The molecule has 1 aromatic carbocycles. The van der Waals surface area contributed by atoms with Crippen molar-refractivity contribution in [3.8, 4) is 0 Å². The average Bonchev–Trinajstić information content (AvgIpc) is 3.14. The number of nitrogens with zero attached hydrogens (tertiary/aromatic N) is 2. The zero-order valence-corrected chi connectivity index (χ0v) is 14.3. The van der Waals surface area contributed by atoms with Gasteiger partial charge in [-0.25, -0.2) is 4.98 Å². The molecule has 1 amide bonds. The van der Waals surface area contributed by atoms with Gasteiger partial charge in [0.15, 0.2) is 0 Å². The van der Waals surface area contributed by atoms with Crippen molar-refractivity contribution < 1.29 is 9.21 Å². The summed E-state index contributed by atoms with van der Waals surface area (Å²) in [6.07, 6.45) is 4.28. The molecule has 6 nitrogen and oxygen atoms in total. The number of furan rings is 1. The first kappa shape index (κ1) is 15.1. The van der Waals surface area contributed by atoms with Crippen LogP contribution in [0.2, 0.25) is 0 Å². The molecule has 4 aromatic rings. The number of H-pyrrole nitrogens is 1. The highest BCUT2D eigenvalue weighted by Gasteiger charge is 2.46. The fraction of sp³-hybridized carbons (Fsp3) is 0.250. The standard InChI is InChI=1S/C20H18N4O2/c1-11(18-8-12-10-21-7-6-17(12)26-18)22-20(25)14-9-13(14)19-23-15-4-2-3-5-16(15)24-19/h2-8,10-11,13-14H,9H2,1H3,(H,22,25)(H,23,24)/t11?,13-,14-/m0/s1. The van der Waals surface area contributed by atoms with Crippen LogP contribution in [-0.2, 0) is 4.79 Å². The molecule has 6 heteroatoms. The van der Waals surface area contributed by atoms with Gasteiger partial charge in [0.25, 0.3) is 0 Å². The summed E-state index contributed by atoms with van der Waals surface area (Å²) < 4.78 is 5.81. The van der Waals surface area contributed by atoms with Gasteiger partial charge in [-0.05, 0) is 37.6 Å². The van der Waals surface area contributed by atoms with Crippen LogP contribution in [0.5, 0.6) is 0 Å². The summed E-state index contributed by atoms with van der Waals surface area (Å²) in [4.78, 5) is 24.6. The largest absolute Gasteiger partial charge is 0.459 e. The number of pyridine rings is 1.